The number of carboxylic acids is 1. The van der Waals surface area contributed by atoms with Crippen LogP contribution in [-0.4, -0.2) is 66.0 Å². The van der Waals surface area contributed by atoms with Gasteiger partial charge in [0.15, 0.2) is 0 Å². The smallest absolute Gasteiger partial charge is 0.317 e. The number of hydrogen-bond donors (Lipinski definition) is 2. The number of carboxylic acid groups (broad SMARTS) is 1. The van der Waals surface area contributed by atoms with Gasteiger partial charge in [-0.25, -0.2) is 4.79 Å². The van der Waals surface area contributed by atoms with Crippen molar-refractivity contribution >= 4 is 17.9 Å². The minimum absolute atomic E-state index is 0.0297. The molecule has 1 heterocycles. The first-order valence-electron chi connectivity index (χ1n) is 5.49. The molecule has 1 aliphatic rings. The van der Waals surface area contributed by atoms with E-state index in [1.165, 1.54) is 4.90 Å². The zero-order chi connectivity index (χ0) is 12.8. The molecule has 3 amide bonds. The van der Waals surface area contributed by atoms with Crippen molar-refractivity contribution < 1.29 is 19.5 Å². The van der Waals surface area contributed by atoms with E-state index in [1.807, 2.05) is 0 Å². The van der Waals surface area contributed by atoms with E-state index in [0.717, 1.165) is 0 Å². The van der Waals surface area contributed by atoms with Crippen molar-refractivity contribution in [3.63, 3.8) is 0 Å². The molecule has 17 heavy (non-hydrogen) atoms. The summed E-state index contributed by atoms with van der Waals surface area (Å²) in [5, 5.41) is 11.0. The molecule has 0 aliphatic carbocycles. The van der Waals surface area contributed by atoms with Crippen LogP contribution in [0, 0.1) is 0 Å². The van der Waals surface area contributed by atoms with Crippen molar-refractivity contribution in [2.75, 3.05) is 33.2 Å². The topological polar surface area (TPSA) is 89.9 Å². The number of amides is 3. The Kier molecular flexibility index (Phi) is 4.74. The van der Waals surface area contributed by atoms with Gasteiger partial charge in [-0.15, -0.1) is 0 Å². The van der Waals surface area contributed by atoms with E-state index in [0.29, 0.717) is 26.1 Å². The average molecular weight is 243 g/mol. The minimum Gasteiger partial charge on any atom is -0.481 e. The summed E-state index contributed by atoms with van der Waals surface area (Å²) in [5.74, 6) is -0.967. The van der Waals surface area contributed by atoms with Gasteiger partial charge in [0.2, 0.25) is 5.91 Å². The molecule has 2 N–H and O–H groups in total. The number of likely N-dealkylation sites (N-methyl/N-ethyl adjacent to an activating group) is 1. The minimum atomic E-state index is -0.881. The van der Waals surface area contributed by atoms with Crippen LogP contribution >= 0.6 is 0 Å². The van der Waals surface area contributed by atoms with Crippen LogP contribution in [0.5, 0.6) is 0 Å². The summed E-state index contributed by atoms with van der Waals surface area (Å²) in [7, 11) is 1.70. The summed E-state index contributed by atoms with van der Waals surface area (Å²) < 4.78 is 0. The first-order valence-corrected chi connectivity index (χ1v) is 5.49. The first kappa shape index (κ1) is 13.3. The van der Waals surface area contributed by atoms with Gasteiger partial charge in [0.05, 0.1) is 0 Å². The van der Waals surface area contributed by atoms with Crippen LogP contribution in [0.2, 0.25) is 0 Å². The Hall–Kier alpha value is -1.79. The fraction of sp³-hybridized carbons (Fsp3) is 0.700. The van der Waals surface area contributed by atoms with E-state index in [9.17, 15) is 14.4 Å². The van der Waals surface area contributed by atoms with E-state index in [1.54, 1.807) is 11.9 Å². The molecule has 0 spiro atoms. The molecule has 7 nitrogen and oxygen atoms in total. The summed E-state index contributed by atoms with van der Waals surface area (Å²) >= 11 is 0. The Bertz CT molecular complexity index is 319. The second kappa shape index (κ2) is 6.07. The fourth-order valence-corrected chi connectivity index (χ4v) is 1.48. The Morgan fingerprint density at radius 2 is 2.12 bits per heavy atom. The second-order valence-corrected chi connectivity index (χ2v) is 3.97. The van der Waals surface area contributed by atoms with Gasteiger partial charge in [-0.05, 0) is 6.42 Å². The molecule has 0 unspecified atom stereocenters. The largest absolute Gasteiger partial charge is 0.481 e. The maximum atomic E-state index is 11.6. The van der Waals surface area contributed by atoms with Gasteiger partial charge in [0.25, 0.3) is 0 Å². The maximum Gasteiger partial charge on any atom is 0.317 e. The summed E-state index contributed by atoms with van der Waals surface area (Å²) in [5.41, 5.74) is 0. The molecule has 0 bridgehead atoms. The molecular formula is C10H17N3O4. The standard InChI is InChI=1S/C10H17N3O4/c1-12-5-6-13(7-8(12)14)10(17)11-4-2-3-9(15)16/h2-7H2,1H3,(H,11,17)(H,15,16). The van der Waals surface area contributed by atoms with Crippen molar-refractivity contribution in [1.82, 2.24) is 15.1 Å². The number of aliphatic carboxylic acids is 1. The number of urea groups is 1. The maximum absolute atomic E-state index is 11.6. The van der Waals surface area contributed by atoms with Gasteiger partial charge in [0.1, 0.15) is 6.54 Å². The number of rotatable bonds is 4. The number of carbonyl (C=O) groups excluding carboxylic acids is 2. The molecule has 96 valence electrons. The Balaban J connectivity index is 2.24. The van der Waals surface area contributed by atoms with Gasteiger partial charge in [-0.1, -0.05) is 0 Å². The van der Waals surface area contributed by atoms with Gasteiger partial charge in [-0.3, -0.25) is 9.59 Å². The zero-order valence-corrected chi connectivity index (χ0v) is 9.81. The van der Waals surface area contributed by atoms with E-state index < -0.39 is 5.97 Å². The van der Waals surface area contributed by atoms with Crippen molar-refractivity contribution in [2.24, 2.45) is 0 Å². The highest BCUT2D eigenvalue weighted by molar-refractivity contribution is 5.85. The van der Waals surface area contributed by atoms with Crippen molar-refractivity contribution in [3.05, 3.63) is 0 Å². The first-order chi connectivity index (χ1) is 8.00. The third kappa shape index (κ3) is 4.29. The molecule has 0 aromatic heterocycles. The van der Waals surface area contributed by atoms with Crippen molar-refractivity contribution in [3.8, 4) is 0 Å². The lowest BCUT2D eigenvalue weighted by atomic mass is 10.3. The number of piperazine rings is 1. The third-order valence-corrected chi connectivity index (χ3v) is 2.59. The van der Waals surface area contributed by atoms with Crippen LogP contribution in [-0.2, 0) is 9.59 Å². The van der Waals surface area contributed by atoms with Crippen molar-refractivity contribution in [1.29, 1.82) is 0 Å². The molecule has 0 saturated carbocycles. The van der Waals surface area contributed by atoms with Gasteiger partial charge in [-0.2, -0.15) is 0 Å². The molecular weight excluding hydrogens is 226 g/mol. The van der Waals surface area contributed by atoms with Crippen LogP contribution < -0.4 is 5.32 Å². The van der Waals surface area contributed by atoms with E-state index >= 15 is 0 Å². The molecule has 1 fully saturated rings. The number of carbonyl (C=O) groups is 3. The molecule has 1 aliphatic heterocycles. The summed E-state index contributed by atoms with van der Waals surface area (Å²) in [6, 6.07) is -0.308. The summed E-state index contributed by atoms with van der Waals surface area (Å²) in [6.45, 7) is 1.43. The van der Waals surface area contributed by atoms with Crippen molar-refractivity contribution in [2.45, 2.75) is 12.8 Å². The predicted octanol–water partition coefficient (Wildman–Crippen LogP) is -0.665. The monoisotopic (exact) mass is 243 g/mol. The van der Waals surface area contributed by atoms with Crippen LogP contribution in [0.1, 0.15) is 12.8 Å². The lowest BCUT2D eigenvalue weighted by Crippen LogP contribution is -2.53. The SMILES string of the molecule is CN1CCN(C(=O)NCCCC(=O)O)CC1=O. The van der Waals surface area contributed by atoms with Crippen LogP contribution in [0.3, 0.4) is 0 Å². The normalized spacial score (nSPS) is 15.9. The van der Waals surface area contributed by atoms with Gasteiger partial charge >= 0.3 is 12.0 Å². The Labute approximate surface area is 99.4 Å². The van der Waals surface area contributed by atoms with Crippen LogP contribution in [0.15, 0.2) is 0 Å². The zero-order valence-electron chi connectivity index (χ0n) is 9.81. The summed E-state index contributed by atoms with van der Waals surface area (Å²) in [4.78, 5) is 36.2. The quantitative estimate of drug-likeness (QED) is 0.641. The lowest BCUT2D eigenvalue weighted by molar-refractivity contribution is -0.137. The highest BCUT2D eigenvalue weighted by atomic mass is 16.4. The van der Waals surface area contributed by atoms with Gasteiger partial charge in [0, 0.05) is 33.1 Å². The Morgan fingerprint density at radius 3 is 2.71 bits per heavy atom. The third-order valence-electron chi connectivity index (χ3n) is 2.59. The molecule has 0 radical (unpaired) electrons. The van der Waals surface area contributed by atoms with Gasteiger partial charge < -0.3 is 20.2 Å². The molecule has 0 atom stereocenters. The summed E-state index contributed by atoms with van der Waals surface area (Å²) in [6.07, 6.45) is 0.421. The fourth-order valence-electron chi connectivity index (χ4n) is 1.48. The van der Waals surface area contributed by atoms with Crippen LogP contribution in [0.4, 0.5) is 4.79 Å². The van der Waals surface area contributed by atoms with E-state index in [4.69, 9.17) is 5.11 Å². The average Bonchev–Trinajstić information content (AvgIpc) is 2.27. The Morgan fingerprint density at radius 1 is 1.41 bits per heavy atom. The highest BCUT2D eigenvalue weighted by Gasteiger charge is 2.24. The molecule has 0 aromatic carbocycles. The predicted molar refractivity (Wildman–Crippen MR) is 59.5 cm³/mol. The number of nitrogens with one attached hydrogen (secondary N) is 1. The molecule has 0 aromatic rings. The molecule has 1 saturated heterocycles. The van der Waals surface area contributed by atoms with E-state index in [2.05, 4.69) is 5.32 Å². The van der Waals surface area contributed by atoms with Crippen LogP contribution in [0.25, 0.3) is 0 Å². The number of hydrogen-bond acceptors (Lipinski definition) is 3. The highest BCUT2D eigenvalue weighted by Crippen LogP contribution is 2.01. The lowest BCUT2D eigenvalue weighted by Gasteiger charge is -2.31. The number of nitrogens with zero attached hydrogens (tertiary/aromatic N) is 2. The molecule has 1 rings (SSSR count). The van der Waals surface area contributed by atoms with E-state index in [-0.39, 0.29) is 24.9 Å². The molecule has 7 heteroatoms. The second-order valence-electron chi connectivity index (χ2n) is 3.97.